The van der Waals surface area contributed by atoms with Crippen LogP contribution in [0.15, 0.2) is 0 Å². The molecule has 0 radical (unpaired) electrons. The Kier molecular flexibility index (Phi) is 4.41. The lowest BCUT2D eigenvalue weighted by atomic mass is 10.1. The molecule has 2 atom stereocenters. The van der Waals surface area contributed by atoms with Crippen LogP contribution in [0.3, 0.4) is 0 Å². The number of hydrogen-bond acceptors (Lipinski definition) is 3. The molecule has 14 heavy (non-hydrogen) atoms. The molecule has 0 aromatic carbocycles. The molecular formula is C10H16N2O2. The summed E-state index contributed by atoms with van der Waals surface area (Å²) in [6.07, 6.45) is 3.41. The molecule has 1 N–H and O–H groups in total. The van der Waals surface area contributed by atoms with Crippen LogP contribution in [0, 0.1) is 17.2 Å². The second kappa shape index (κ2) is 5.61. The molecule has 1 saturated heterocycles. The van der Waals surface area contributed by atoms with Gasteiger partial charge >= 0.3 is 0 Å². The van der Waals surface area contributed by atoms with E-state index >= 15 is 0 Å². The van der Waals surface area contributed by atoms with E-state index in [1.807, 2.05) is 6.07 Å². The number of rotatable bonds is 3. The molecule has 0 aromatic heterocycles. The van der Waals surface area contributed by atoms with Crippen LogP contribution in [0.2, 0.25) is 0 Å². The monoisotopic (exact) mass is 196 g/mol. The standard InChI is InChI=1S/C10H16N2O2/c1-8(6-11)10(13)12-7-9-4-2-3-5-14-9/h8-9H,2-5,7H2,1H3,(H,12,13). The van der Waals surface area contributed by atoms with Crippen LogP contribution >= 0.6 is 0 Å². The molecule has 1 fully saturated rings. The van der Waals surface area contributed by atoms with Gasteiger partial charge in [0, 0.05) is 13.2 Å². The number of carbonyl (C=O) groups is 1. The van der Waals surface area contributed by atoms with Gasteiger partial charge in [0.25, 0.3) is 0 Å². The van der Waals surface area contributed by atoms with Crippen molar-refractivity contribution in [2.45, 2.75) is 32.3 Å². The average Bonchev–Trinajstić information content (AvgIpc) is 2.26. The molecule has 1 heterocycles. The van der Waals surface area contributed by atoms with Gasteiger partial charge in [-0.2, -0.15) is 5.26 Å². The van der Waals surface area contributed by atoms with Gasteiger partial charge in [0.2, 0.25) is 5.91 Å². The second-order valence-corrected chi connectivity index (χ2v) is 3.58. The van der Waals surface area contributed by atoms with Crippen molar-refractivity contribution in [1.82, 2.24) is 5.32 Å². The van der Waals surface area contributed by atoms with Crippen molar-refractivity contribution in [3.63, 3.8) is 0 Å². The maximum atomic E-state index is 11.2. The van der Waals surface area contributed by atoms with Gasteiger partial charge in [-0.05, 0) is 26.2 Å². The lowest BCUT2D eigenvalue weighted by Gasteiger charge is -2.22. The molecule has 4 heteroatoms. The number of amides is 1. The van der Waals surface area contributed by atoms with Gasteiger partial charge in [-0.15, -0.1) is 0 Å². The molecule has 0 spiro atoms. The molecule has 0 aliphatic carbocycles. The van der Waals surface area contributed by atoms with Crippen molar-refractivity contribution < 1.29 is 9.53 Å². The van der Waals surface area contributed by atoms with Crippen LogP contribution in [-0.4, -0.2) is 25.2 Å². The fourth-order valence-electron chi connectivity index (χ4n) is 1.39. The summed E-state index contributed by atoms with van der Waals surface area (Å²) in [5.41, 5.74) is 0. The maximum absolute atomic E-state index is 11.2. The first-order valence-corrected chi connectivity index (χ1v) is 5.03. The Labute approximate surface area is 84.2 Å². The zero-order chi connectivity index (χ0) is 10.4. The normalized spacial score (nSPS) is 23.6. The van der Waals surface area contributed by atoms with Crippen LogP contribution in [-0.2, 0) is 9.53 Å². The van der Waals surface area contributed by atoms with E-state index in [-0.39, 0.29) is 12.0 Å². The fraction of sp³-hybridized carbons (Fsp3) is 0.800. The van der Waals surface area contributed by atoms with Gasteiger partial charge in [-0.25, -0.2) is 0 Å². The third kappa shape index (κ3) is 3.35. The van der Waals surface area contributed by atoms with Crippen LogP contribution < -0.4 is 5.32 Å². The van der Waals surface area contributed by atoms with Crippen LogP contribution in [0.5, 0.6) is 0 Å². The largest absolute Gasteiger partial charge is 0.376 e. The summed E-state index contributed by atoms with van der Waals surface area (Å²) in [7, 11) is 0. The Morgan fingerprint density at radius 2 is 2.50 bits per heavy atom. The van der Waals surface area contributed by atoms with E-state index < -0.39 is 5.92 Å². The highest BCUT2D eigenvalue weighted by molar-refractivity contribution is 5.80. The highest BCUT2D eigenvalue weighted by Gasteiger charge is 2.16. The second-order valence-electron chi connectivity index (χ2n) is 3.58. The smallest absolute Gasteiger partial charge is 0.237 e. The summed E-state index contributed by atoms with van der Waals surface area (Å²) in [6, 6.07) is 1.90. The van der Waals surface area contributed by atoms with Crippen molar-refractivity contribution in [3.05, 3.63) is 0 Å². The molecule has 78 valence electrons. The van der Waals surface area contributed by atoms with Gasteiger partial charge in [0.1, 0.15) is 5.92 Å². The maximum Gasteiger partial charge on any atom is 0.237 e. The molecule has 4 nitrogen and oxygen atoms in total. The molecule has 1 rings (SSSR count). The number of carbonyl (C=O) groups excluding carboxylic acids is 1. The van der Waals surface area contributed by atoms with E-state index in [1.54, 1.807) is 6.92 Å². The van der Waals surface area contributed by atoms with Crippen molar-refractivity contribution in [2.24, 2.45) is 5.92 Å². The van der Waals surface area contributed by atoms with Crippen molar-refractivity contribution in [3.8, 4) is 6.07 Å². The summed E-state index contributed by atoms with van der Waals surface area (Å²) >= 11 is 0. The van der Waals surface area contributed by atoms with E-state index in [0.29, 0.717) is 6.54 Å². The Morgan fingerprint density at radius 1 is 1.71 bits per heavy atom. The van der Waals surface area contributed by atoms with E-state index in [9.17, 15) is 4.79 Å². The van der Waals surface area contributed by atoms with Gasteiger partial charge in [-0.1, -0.05) is 0 Å². The number of hydrogen-bond donors (Lipinski definition) is 1. The Morgan fingerprint density at radius 3 is 3.07 bits per heavy atom. The van der Waals surface area contributed by atoms with Crippen molar-refractivity contribution in [1.29, 1.82) is 5.26 Å². The van der Waals surface area contributed by atoms with Crippen LogP contribution in [0.1, 0.15) is 26.2 Å². The van der Waals surface area contributed by atoms with E-state index in [0.717, 1.165) is 25.9 Å². The van der Waals surface area contributed by atoms with Gasteiger partial charge in [-0.3, -0.25) is 4.79 Å². The third-order valence-electron chi connectivity index (χ3n) is 2.36. The minimum absolute atomic E-state index is 0.138. The van der Waals surface area contributed by atoms with Crippen LogP contribution in [0.25, 0.3) is 0 Å². The van der Waals surface area contributed by atoms with E-state index in [2.05, 4.69) is 5.32 Å². The van der Waals surface area contributed by atoms with Gasteiger partial charge in [0.15, 0.2) is 0 Å². The predicted octanol–water partition coefficient (Wildman–Crippen LogP) is 0.831. The summed E-state index contributed by atoms with van der Waals surface area (Å²) in [6.45, 7) is 2.91. The lowest BCUT2D eigenvalue weighted by Crippen LogP contribution is -2.37. The Bertz CT molecular complexity index is 229. The first-order chi connectivity index (χ1) is 6.74. The predicted molar refractivity (Wildman–Crippen MR) is 51.4 cm³/mol. The van der Waals surface area contributed by atoms with Crippen molar-refractivity contribution >= 4 is 5.91 Å². The van der Waals surface area contributed by atoms with E-state index in [1.165, 1.54) is 0 Å². The zero-order valence-electron chi connectivity index (χ0n) is 8.45. The minimum Gasteiger partial charge on any atom is -0.376 e. The van der Waals surface area contributed by atoms with E-state index in [4.69, 9.17) is 10.00 Å². The molecule has 1 amide bonds. The SMILES string of the molecule is CC(C#N)C(=O)NCC1CCCCO1. The molecule has 0 aromatic rings. The molecule has 0 bridgehead atoms. The number of nitrogens with one attached hydrogen (secondary N) is 1. The molecule has 1 aliphatic rings. The quantitative estimate of drug-likeness (QED) is 0.727. The Hall–Kier alpha value is -1.08. The Balaban J connectivity index is 2.19. The highest BCUT2D eigenvalue weighted by atomic mass is 16.5. The molecule has 2 unspecified atom stereocenters. The summed E-state index contributed by atoms with van der Waals surface area (Å²) in [5, 5.41) is 11.2. The summed E-state index contributed by atoms with van der Waals surface area (Å²) in [5.74, 6) is -0.778. The fourth-order valence-corrected chi connectivity index (χ4v) is 1.39. The summed E-state index contributed by atoms with van der Waals surface area (Å²) < 4.78 is 5.44. The number of ether oxygens (including phenoxy) is 1. The molecule has 1 aliphatic heterocycles. The highest BCUT2D eigenvalue weighted by Crippen LogP contribution is 2.11. The minimum atomic E-state index is -0.571. The van der Waals surface area contributed by atoms with Crippen molar-refractivity contribution in [2.75, 3.05) is 13.2 Å². The first kappa shape index (κ1) is 11.0. The third-order valence-corrected chi connectivity index (χ3v) is 2.36. The first-order valence-electron chi connectivity index (χ1n) is 5.03. The number of nitrogens with zero attached hydrogens (tertiary/aromatic N) is 1. The lowest BCUT2D eigenvalue weighted by molar-refractivity contribution is -0.123. The summed E-state index contributed by atoms with van der Waals surface area (Å²) in [4.78, 5) is 11.2. The van der Waals surface area contributed by atoms with Crippen LogP contribution in [0.4, 0.5) is 0 Å². The average molecular weight is 196 g/mol. The topological polar surface area (TPSA) is 62.1 Å². The number of nitriles is 1. The zero-order valence-corrected chi connectivity index (χ0v) is 8.45. The van der Waals surface area contributed by atoms with Gasteiger partial charge < -0.3 is 10.1 Å². The molecular weight excluding hydrogens is 180 g/mol. The van der Waals surface area contributed by atoms with Gasteiger partial charge in [0.05, 0.1) is 12.2 Å². The molecule has 0 saturated carbocycles.